The highest BCUT2D eigenvalue weighted by atomic mass is 16.1. The lowest BCUT2D eigenvalue weighted by molar-refractivity contribution is 0.103. The van der Waals surface area contributed by atoms with Crippen LogP contribution in [0.4, 0.5) is 11.4 Å². The van der Waals surface area contributed by atoms with E-state index in [-0.39, 0.29) is 11.6 Å². The van der Waals surface area contributed by atoms with Crippen molar-refractivity contribution < 1.29 is 9.59 Å². The minimum Gasteiger partial charge on any atom is -0.398 e. The third-order valence-corrected chi connectivity index (χ3v) is 8.06. The molecule has 0 saturated carbocycles. The van der Waals surface area contributed by atoms with Crippen molar-refractivity contribution in [1.29, 1.82) is 0 Å². The second-order valence-electron chi connectivity index (χ2n) is 10.0. The van der Waals surface area contributed by atoms with Gasteiger partial charge in [-0.3, -0.25) is 9.59 Å². The third kappa shape index (κ3) is 2.53. The molecule has 0 spiro atoms. The number of fused-ring (bicyclic) bond motifs is 4. The van der Waals surface area contributed by atoms with E-state index < -0.39 is 0 Å². The zero-order valence-electron chi connectivity index (χ0n) is 20.2. The van der Waals surface area contributed by atoms with Crippen LogP contribution in [0.25, 0.3) is 54.9 Å². The summed E-state index contributed by atoms with van der Waals surface area (Å²) in [4.78, 5) is 26.7. The lowest BCUT2D eigenvalue weighted by atomic mass is 9.78. The molecule has 4 N–H and O–H groups in total. The van der Waals surface area contributed by atoms with Gasteiger partial charge in [0.15, 0.2) is 11.6 Å². The van der Waals surface area contributed by atoms with E-state index in [2.05, 4.69) is 12.1 Å². The van der Waals surface area contributed by atoms with Crippen molar-refractivity contribution in [3.63, 3.8) is 0 Å². The summed E-state index contributed by atoms with van der Waals surface area (Å²) >= 11 is 0. The Bertz CT molecular complexity index is 2090. The summed E-state index contributed by atoms with van der Waals surface area (Å²) in [5.41, 5.74) is 22.7. The molecule has 8 rings (SSSR count). The second kappa shape index (κ2) is 7.17. The smallest absolute Gasteiger partial charge is 0.194 e. The minimum absolute atomic E-state index is 0.0193. The van der Waals surface area contributed by atoms with Crippen molar-refractivity contribution in [3.05, 3.63) is 119 Å². The highest BCUT2D eigenvalue weighted by Crippen LogP contribution is 2.49. The molecule has 0 heterocycles. The summed E-state index contributed by atoms with van der Waals surface area (Å²) < 4.78 is 0. The van der Waals surface area contributed by atoms with Crippen molar-refractivity contribution in [2.45, 2.75) is 0 Å². The van der Waals surface area contributed by atoms with Crippen LogP contribution in [-0.2, 0) is 0 Å². The average Bonchev–Trinajstić information content (AvgIpc) is 2.95. The molecule has 2 aliphatic rings. The largest absolute Gasteiger partial charge is 0.398 e. The van der Waals surface area contributed by atoms with Crippen LogP contribution in [0.1, 0.15) is 31.8 Å². The SMILES string of the molecule is Nc1c(-c2cc3c4c(cccc4c2)C(=O)c2ccccc2-3)cc2c(N)ccc3c2c1-c1ccccc1C3=O. The van der Waals surface area contributed by atoms with Gasteiger partial charge in [0.1, 0.15) is 0 Å². The normalized spacial score (nSPS) is 13.1. The first-order valence-electron chi connectivity index (χ1n) is 12.5. The standard InChI is InChI=1S/C34H20N2O2/c35-28-13-12-24-30-27(28)16-25(32(36)31(30)20-8-2-4-10-22(20)34(24)38)18-14-17-6-5-11-23-29(17)26(15-18)19-7-1-3-9-21(19)33(23)37/h1-16H,35-36H2. The highest BCUT2D eigenvalue weighted by Gasteiger charge is 2.30. The molecule has 178 valence electrons. The number of benzene rings is 6. The predicted molar refractivity (Wildman–Crippen MR) is 153 cm³/mol. The summed E-state index contributed by atoms with van der Waals surface area (Å²) in [6, 6.07) is 31.0. The molecule has 6 aromatic carbocycles. The molecule has 2 aliphatic carbocycles. The monoisotopic (exact) mass is 488 g/mol. The molecule has 0 atom stereocenters. The molecular weight excluding hydrogens is 468 g/mol. The molecule has 6 aromatic rings. The Morgan fingerprint density at radius 3 is 1.87 bits per heavy atom. The number of ketones is 2. The van der Waals surface area contributed by atoms with Crippen LogP contribution in [0, 0.1) is 0 Å². The highest BCUT2D eigenvalue weighted by molar-refractivity contribution is 6.30. The number of rotatable bonds is 1. The fourth-order valence-corrected chi connectivity index (χ4v) is 6.35. The summed E-state index contributed by atoms with van der Waals surface area (Å²) in [5, 5.41) is 3.54. The number of hydrogen-bond acceptors (Lipinski definition) is 4. The predicted octanol–water partition coefficient (Wildman–Crippen LogP) is 7.25. The first-order chi connectivity index (χ1) is 18.5. The Hall–Kier alpha value is -5.22. The van der Waals surface area contributed by atoms with Crippen LogP contribution >= 0.6 is 0 Å². The Morgan fingerprint density at radius 1 is 0.474 bits per heavy atom. The fourth-order valence-electron chi connectivity index (χ4n) is 6.35. The molecule has 0 bridgehead atoms. The Kier molecular flexibility index (Phi) is 3.95. The van der Waals surface area contributed by atoms with Gasteiger partial charge in [0.25, 0.3) is 0 Å². The maximum atomic E-state index is 13.4. The number of nitrogen functional groups attached to an aromatic ring is 2. The Labute approximate surface area is 218 Å². The van der Waals surface area contributed by atoms with Gasteiger partial charge in [-0.2, -0.15) is 0 Å². The topological polar surface area (TPSA) is 86.2 Å². The molecule has 0 amide bonds. The molecule has 0 radical (unpaired) electrons. The van der Waals surface area contributed by atoms with Gasteiger partial charge in [0.05, 0.1) is 0 Å². The maximum absolute atomic E-state index is 13.4. The van der Waals surface area contributed by atoms with Crippen LogP contribution in [0.3, 0.4) is 0 Å². The van der Waals surface area contributed by atoms with Crippen LogP contribution in [0.2, 0.25) is 0 Å². The molecule has 0 fully saturated rings. The fraction of sp³-hybridized carbons (Fsp3) is 0. The number of anilines is 2. The zero-order chi connectivity index (χ0) is 25.7. The summed E-state index contributed by atoms with van der Waals surface area (Å²) in [6.45, 7) is 0. The van der Waals surface area contributed by atoms with E-state index in [0.29, 0.717) is 33.6 Å². The lowest BCUT2D eigenvalue weighted by Gasteiger charge is -2.25. The summed E-state index contributed by atoms with van der Waals surface area (Å²) in [5.74, 6) is 0.0249. The van der Waals surface area contributed by atoms with E-state index in [1.165, 1.54) is 0 Å². The van der Waals surface area contributed by atoms with E-state index in [1.54, 1.807) is 12.1 Å². The van der Waals surface area contributed by atoms with Gasteiger partial charge < -0.3 is 11.5 Å². The number of carbonyl (C=O) groups is 2. The number of hydrogen-bond donors (Lipinski definition) is 2. The van der Waals surface area contributed by atoms with Gasteiger partial charge in [-0.05, 0) is 58.0 Å². The lowest BCUT2D eigenvalue weighted by Crippen LogP contribution is -2.12. The van der Waals surface area contributed by atoms with Crippen molar-refractivity contribution in [2.24, 2.45) is 0 Å². The van der Waals surface area contributed by atoms with Gasteiger partial charge in [0, 0.05) is 60.9 Å². The van der Waals surface area contributed by atoms with Crippen LogP contribution in [0.15, 0.2) is 97.1 Å². The van der Waals surface area contributed by atoms with Crippen LogP contribution in [-0.4, -0.2) is 11.6 Å². The first kappa shape index (κ1) is 20.9. The van der Waals surface area contributed by atoms with E-state index in [4.69, 9.17) is 11.5 Å². The molecule has 0 aromatic heterocycles. The average molecular weight is 489 g/mol. The minimum atomic E-state index is -0.0193. The molecule has 0 aliphatic heterocycles. The first-order valence-corrected chi connectivity index (χ1v) is 12.5. The van der Waals surface area contributed by atoms with Gasteiger partial charge >= 0.3 is 0 Å². The number of nitrogens with two attached hydrogens (primary N) is 2. The van der Waals surface area contributed by atoms with E-state index in [1.807, 2.05) is 72.8 Å². The van der Waals surface area contributed by atoms with Gasteiger partial charge in [-0.15, -0.1) is 0 Å². The van der Waals surface area contributed by atoms with Crippen molar-refractivity contribution >= 4 is 44.5 Å². The Morgan fingerprint density at radius 2 is 1.11 bits per heavy atom. The molecular formula is C34H20N2O2. The molecule has 38 heavy (non-hydrogen) atoms. The van der Waals surface area contributed by atoms with Crippen molar-refractivity contribution in [3.8, 4) is 33.4 Å². The van der Waals surface area contributed by atoms with E-state index in [0.717, 1.165) is 54.9 Å². The van der Waals surface area contributed by atoms with E-state index >= 15 is 0 Å². The quantitative estimate of drug-likeness (QED) is 0.238. The van der Waals surface area contributed by atoms with Gasteiger partial charge in [-0.1, -0.05) is 66.7 Å². The molecule has 0 saturated heterocycles. The van der Waals surface area contributed by atoms with Gasteiger partial charge in [-0.25, -0.2) is 0 Å². The van der Waals surface area contributed by atoms with Crippen molar-refractivity contribution in [1.82, 2.24) is 0 Å². The number of carbonyl (C=O) groups excluding carboxylic acids is 2. The van der Waals surface area contributed by atoms with Crippen molar-refractivity contribution in [2.75, 3.05) is 11.5 Å². The third-order valence-electron chi connectivity index (χ3n) is 8.06. The molecule has 0 unspecified atom stereocenters. The van der Waals surface area contributed by atoms with E-state index in [9.17, 15) is 9.59 Å². The summed E-state index contributed by atoms with van der Waals surface area (Å²) in [7, 11) is 0. The summed E-state index contributed by atoms with van der Waals surface area (Å²) in [6.07, 6.45) is 0. The molecule has 4 heteroatoms. The zero-order valence-corrected chi connectivity index (χ0v) is 20.2. The van der Waals surface area contributed by atoms with Crippen LogP contribution in [0.5, 0.6) is 0 Å². The van der Waals surface area contributed by atoms with Gasteiger partial charge in [0.2, 0.25) is 0 Å². The Balaban J connectivity index is 1.51. The molecule has 4 nitrogen and oxygen atoms in total. The maximum Gasteiger partial charge on any atom is 0.194 e. The second-order valence-corrected chi connectivity index (χ2v) is 10.0. The van der Waals surface area contributed by atoms with Crippen LogP contribution < -0.4 is 11.5 Å².